The fourth-order valence-electron chi connectivity index (χ4n) is 2.50. The average Bonchev–Trinajstić information content (AvgIpc) is 3.03. The minimum atomic E-state index is -0.425. The van der Waals surface area contributed by atoms with Crippen LogP contribution >= 0.6 is 11.3 Å². The van der Waals surface area contributed by atoms with Crippen LogP contribution in [0.3, 0.4) is 0 Å². The zero-order chi connectivity index (χ0) is 18.5. The monoisotopic (exact) mass is 369 g/mol. The number of para-hydroxylation sites is 1. The zero-order valence-electron chi connectivity index (χ0n) is 14.6. The van der Waals surface area contributed by atoms with Crippen LogP contribution in [0.2, 0.25) is 0 Å². The van der Waals surface area contributed by atoms with Gasteiger partial charge in [-0.2, -0.15) is 0 Å². The molecule has 2 aromatic carbocycles. The Morgan fingerprint density at radius 2 is 1.88 bits per heavy atom. The van der Waals surface area contributed by atoms with Gasteiger partial charge in [-0.3, -0.25) is 19.8 Å². The van der Waals surface area contributed by atoms with E-state index in [9.17, 15) is 9.59 Å². The second-order valence-corrected chi connectivity index (χ2v) is 6.97. The third-order valence-corrected chi connectivity index (χ3v) is 4.78. The molecule has 0 radical (unpaired) electrons. The Kier molecular flexibility index (Phi) is 5.60. The first-order valence-corrected chi connectivity index (χ1v) is 8.88. The Morgan fingerprint density at radius 3 is 2.58 bits per heavy atom. The summed E-state index contributed by atoms with van der Waals surface area (Å²) in [5.74, 6) is -0.121. The Hall–Kier alpha value is -2.77. The van der Waals surface area contributed by atoms with Crippen LogP contribution in [-0.2, 0) is 11.3 Å². The lowest BCUT2D eigenvalue weighted by Gasteiger charge is -2.14. The molecule has 134 valence electrons. The smallest absolute Gasteiger partial charge is 0.257 e. The summed E-state index contributed by atoms with van der Waals surface area (Å²) in [4.78, 5) is 30.6. The van der Waals surface area contributed by atoms with Crippen molar-refractivity contribution in [1.82, 2.24) is 15.2 Å². The predicted molar refractivity (Wildman–Crippen MR) is 101 cm³/mol. The largest absolute Gasteiger partial charge is 0.497 e. The molecule has 0 atom stereocenters. The Labute approximate surface area is 155 Å². The number of carbonyl (C=O) groups is 2. The quantitative estimate of drug-likeness (QED) is 0.723. The van der Waals surface area contributed by atoms with Crippen LogP contribution < -0.4 is 10.1 Å². The van der Waals surface area contributed by atoms with Gasteiger partial charge in [-0.15, -0.1) is 11.3 Å². The number of rotatable bonds is 6. The molecule has 0 fully saturated rings. The Balaban J connectivity index is 1.53. The van der Waals surface area contributed by atoms with Crippen LogP contribution in [0.5, 0.6) is 5.75 Å². The number of aromatic nitrogens is 1. The van der Waals surface area contributed by atoms with E-state index in [-0.39, 0.29) is 12.5 Å². The lowest BCUT2D eigenvalue weighted by Crippen LogP contribution is -2.38. The summed E-state index contributed by atoms with van der Waals surface area (Å²) in [7, 11) is 3.38. The van der Waals surface area contributed by atoms with Gasteiger partial charge in [-0.25, -0.2) is 4.98 Å². The van der Waals surface area contributed by atoms with Crippen LogP contribution in [0.15, 0.2) is 48.5 Å². The molecule has 0 saturated carbocycles. The summed E-state index contributed by atoms with van der Waals surface area (Å²) in [6.45, 7) is 0.654. The first-order chi connectivity index (χ1) is 12.5. The van der Waals surface area contributed by atoms with Crippen molar-refractivity contribution >= 4 is 33.4 Å². The van der Waals surface area contributed by atoms with Crippen LogP contribution in [0, 0.1) is 0 Å². The van der Waals surface area contributed by atoms with Crippen molar-refractivity contribution in [3.05, 3.63) is 59.1 Å². The average molecular weight is 369 g/mol. The SMILES string of the molecule is COc1ccc(C(=O)NC(=O)CN(C)Cc2nc3ccccc3s2)cc1. The molecule has 0 bridgehead atoms. The molecule has 0 unspecified atom stereocenters. The standard InChI is InChI=1S/C19H19N3O3S/c1-22(12-18-20-15-5-3-4-6-16(15)26-18)11-17(23)21-19(24)13-7-9-14(25-2)10-8-13/h3-10H,11-12H2,1-2H3,(H,21,23,24). The molecule has 0 aliphatic rings. The molecule has 2 amide bonds. The van der Waals surface area contributed by atoms with E-state index in [1.54, 1.807) is 42.7 Å². The van der Waals surface area contributed by atoms with Crippen molar-refractivity contribution in [2.24, 2.45) is 0 Å². The van der Waals surface area contributed by atoms with Gasteiger partial charge in [0.15, 0.2) is 0 Å². The van der Waals surface area contributed by atoms with Crippen molar-refractivity contribution in [2.45, 2.75) is 6.54 Å². The van der Waals surface area contributed by atoms with Gasteiger partial charge in [-0.05, 0) is 43.4 Å². The van der Waals surface area contributed by atoms with Crippen LogP contribution in [0.4, 0.5) is 0 Å². The second-order valence-electron chi connectivity index (χ2n) is 5.85. The lowest BCUT2D eigenvalue weighted by molar-refractivity contribution is -0.121. The molecule has 3 rings (SSSR count). The second kappa shape index (κ2) is 8.07. The van der Waals surface area contributed by atoms with Gasteiger partial charge >= 0.3 is 0 Å². The number of thiazole rings is 1. The molecule has 0 aliphatic carbocycles. The maximum absolute atomic E-state index is 12.1. The van der Waals surface area contributed by atoms with Crippen molar-refractivity contribution in [3.63, 3.8) is 0 Å². The van der Waals surface area contributed by atoms with E-state index in [0.717, 1.165) is 15.2 Å². The van der Waals surface area contributed by atoms with E-state index in [0.29, 0.717) is 17.9 Å². The first-order valence-electron chi connectivity index (χ1n) is 8.06. The number of likely N-dealkylation sites (N-methyl/N-ethyl adjacent to an activating group) is 1. The van der Waals surface area contributed by atoms with Gasteiger partial charge < -0.3 is 4.74 Å². The van der Waals surface area contributed by atoms with E-state index in [1.165, 1.54) is 0 Å². The Bertz CT molecular complexity index is 888. The highest BCUT2D eigenvalue weighted by molar-refractivity contribution is 7.18. The summed E-state index contributed by atoms with van der Waals surface area (Å²) in [5.41, 5.74) is 1.37. The van der Waals surface area contributed by atoms with Crippen LogP contribution in [0.1, 0.15) is 15.4 Å². The van der Waals surface area contributed by atoms with Crippen LogP contribution in [-0.4, -0.2) is 42.4 Å². The molecule has 1 N–H and O–H groups in total. The third-order valence-electron chi connectivity index (χ3n) is 3.76. The van der Waals surface area contributed by atoms with Crippen molar-refractivity contribution in [2.75, 3.05) is 20.7 Å². The number of benzene rings is 2. The zero-order valence-corrected chi connectivity index (χ0v) is 15.4. The number of nitrogens with one attached hydrogen (secondary N) is 1. The number of hydrogen-bond donors (Lipinski definition) is 1. The number of carbonyl (C=O) groups excluding carboxylic acids is 2. The molecule has 0 saturated heterocycles. The summed E-state index contributed by atoms with van der Waals surface area (Å²) in [5, 5.41) is 3.33. The summed E-state index contributed by atoms with van der Waals surface area (Å²) in [6.07, 6.45) is 0. The van der Waals surface area contributed by atoms with E-state index in [1.807, 2.05) is 36.2 Å². The molecule has 0 aliphatic heterocycles. The number of hydrogen-bond acceptors (Lipinski definition) is 6. The third kappa shape index (κ3) is 4.44. The highest BCUT2D eigenvalue weighted by atomic mass is 32.1. The number of amides is 2. The van der Waals surface area contributed by atoms with E-state index in [4.69, 9.17) is 4.74 Å². The summed E-state index contributed by atoms with van der Waals surface area (Å²) in [6, 6.07) is 14.5. The van der Waals surface area contributed by atoms with Gasteiger partial charge in [0.2, 0.25) is 5.91 Å². The molecule has 26 heavy (non-hydrogen) atoms. The predicted octanol–water partition coefficient (Wildman–Crippen LogP) is 2.69. The maximum Gasteiger partial charge on any atom is 0.257 e. The maximum atomic E-state index is 12.1. The number of imide groups is 1. The van der Waals surface area contributed by atoms with Gasteiger partial charge in [0.25, 0.3) is 5.91 Å². The molecule has 0 spiro atoms. The molecule has 1 heterocycles. The molecule has 1 aromatic heterocycles. The fourth-order valence-corrected chi connectivity index (χ4v) is 3.55. The van der Waals surface area contributed by atoms with E-state index >= 15 is 0 Å². The minimum Gasteiger partial charge on any atom is -0.497 e. The number of fused-ring (bicyclic) bond motifs is 1. The van der Waals surface area contributed by atoms with Crippen molar-refractivity contribution in [1.29, 1.82) is 0 Å². The van der Waals surface area contributed by atoms with E-state index < -0.39 is 5.91 Å². The summed E-state index contributed by atoms with van der Waals surface area (Å²) >= 11 is 1.60. The highest BCUT2D eigenvalue weighted by Gasteiger charge is 2.14. The van der Waals surface area contributed by atoms with Gasteiger partial charge in [0, 0.05) is 5.56 Å². The normalized spacial score (nSPS) is 10.9. The molecular weight excluding hydrogens is 350 g/mol. The van der Waals surface area contributed by atoms with Crippen LogP contribution in [0.25, 0.3) is 10.2 Å². The summed E-state index contributed by atoms with van der Waals surface area (Å²) < 4.78 is 6.17. The number of ether oxygens (including phenoxy) is 1. The molecular formula is C19H19N3O3S. The van der Waals surface area contributed by atoms with Gasteiger partial charge in [0.1, 0.15) is 10.8 Å². The van der Waals surface area contributed by atoms with Crippen molar-refractivity contribution in [3.8, 4) is 5.75 Å². The van der Waals surface area contributed by atoms with Gasteiger partial charge in [0.05, 0.1) is 30.4 Å². The number of nitrogens with zero attached hydrogens (tertiary/aromatic N) is 2. The molecule has 6 nitrogen and oxygen atoms in total. The minimum absolute atomic E-state index is 0.109. The topological polar surface area (TPSA) is 71.5 Å². The van der Waals surface area contributed by atoms with E-state index in [2.05, 4.69) is 10.3 Å². The molecule has 3 aromatic rings. The lowest BCUT2D eigenvalue weighted by atomic mass is 10.2. The Morgan fingerprint density at radius 1 is 1.15 bits per heavy atom. The number of methoxy groups -OCH3 is 1. The fraction of sp³-hybridized carbons (Fsp3) is 0.211. The highest BCUT2D eigenvalue weighted by Crippen LogP contribution is 2.22. The molecule has 7 heteroatoms. The van der Waals surface area contributed by atoms with Gasteiger partial charge in [-0.1, -0.05) is 12.1 Å². The van der Waals surface area contributed by atoms with Crippen molar-refractivity contribution < 1.29 is 14.3 Å². The first kappa shape index (κ1) is 18.0.